The summed E-state index contributed by atoms with van der Waals surface area (Å²) in [5.41, 5.74) is 4.42. The third-order valence-corrected chi connectivity index (χ3v) is 3.35. The van der Waals surface area contributed by atoms with Crippen molar-refractivity contribution in [1.29, 1.82) is 0 Å². The van der Waals surface area contributed by atoms with Crippen LogP contribution in [0.4, 0.5) is 13.2 Å². The smallest absolute Gasteiger partial charge is 0.326 e. The van der Waals surface area contributed by atoms with Gasteiger partial charge in [-0.15, -0.1) is 0 Å². The Bertz CT molecular complexity index is 538. The van der Waals surface area contributed by atoms with Crippen molar-refractivity contribution >= 4 is 29.4 Å². The number of nitrogens with two attached hydrogens (primary N) is 1. The van der Waals surface area contributed by atoms with E-state index in [1.807, 2.05) is 0 Å². The Balaban J connectivity index is 0.000000218. The number of hydrogen-bond donors (Lipinski definition) is 2. The summed E-state index contributed by atoms with van der Waals surface area (Å²) in [4.78, 5) is 13.9. The van der Waals surface area contributed by atoms with Crippen molar-refractivity contribution in [2.75, 3.05) is 0 Å². The SMILES string of the molecule is NCc1cnccc1C(F)(F)F.O=Cc1s[nH]c1Cl. The molecule has 104 valence electrons. The zero-order chi connectivity index (χ0) is 14.5. The van der Waals surface area contributed by atoms with E-state index in [4.69, 9.17) is 17.3 Å². The minimum absolute atomic E-state index is 0.0185. The summed E-state index contributed by atoms with van der Waals surface area (Å²) in [7, 11) is 0. The molecular formula is C10H9ClF3N3OS. The molecule has 0 amide bonds. The molecule has 2 aromatic heterocycles. The summed E-state index contributed by atoms with van der Waals surface area (Å²) in [6.45, 7) is -0.150. The summed E-state index contributed by atoms with van der Waals surface area (Å²) >= 11 is 6.57. The maximum Gasteiger partial charge on any atom is 0.416 e. The molecule has 0 fully saturated rings. The summed E-state index contributed by atoms with van der Waals surface area (Å²) in [6.07, 6.45) is -1.38. The van der Waals surface area contributed by atoms with Crippen LogP contribution >= 0.6 is 23.1 Å². The molecule has 9 heteroatoms. The molecule has 0 unspecified atom stereocenters. The van der Waals surface area contributed by atoms with Crippen molar-refractivity contribution in [3.05, 3.63) is 39.6 Å². The molecule has 2 rings (SSSR count). The van der Waals surface area contributed by atoms with E-state index >= 15 is 0 Å². The molecule has 0 saturated carbocycles. The number of alkyl halides is 3. The Morgan fingerprint density at radius 2 is 2.21 bits per heavy atom. The highest BCUT2D eigenvalue weighted by atomic mass is 35.5. The van der Waals surface area contributed by atoms with Crippen molar-refractivity contribution in [3.8, 4) is 0 Å². The van der Waals surface area contributed by atoms with Gasteiger partial charge in [-0.1, -0.05) is 23.1 Å². The lowest BCUT2D eigenvalue weighted by Crippen LogP contribution is -2.11. The number of hydrogen-bond acceptors (Lipinski definition) is 4. The number of aromatic amines is 1. The van der Waals surface area contributed by atoms with Gasteiger partial charge in [0.25, 0.3) is 0 Å². The average molecular weight is 312 g/mol. The molecule has 19 heavy (non-hydrogen) atoms. The Kier molecular flexibility index (Phi) is 5.52. The molecule has 0 atom stereocenters. The highest BCUT2D eigenvalue weighted by Gasteiger charge is 2.32. The van der Waals surface area contributed by atoms with E-state index in [-0.39, 0.29) is 12.1 Å². The van der Waals surface area contributed by atoms with Crippen LogP contribution < -0.4 is 5.73 Å². The van der Waals surface area contributed by atoms with Gasteiger partial charge in [-0.3, -0.25) is 14.2 Å². The molecule has 2 heterocycles. The second kappa shape index (κ2) is 6.69. The van der Waals surface area contributed by atoms with Crippen LogP contribution in [-0.4, -0.2) is 15.6 Å². The molecular weight excluding hydrogens is 303 g/mol. The zero-order valence-corrected chi connectivity index (χ0v) is 10.9. The van der Waals surface area contributed by atoms with Gasteiger partial charge in [0.15, 0.2) is 6.29 Å². The minimum Gasteiger partial charge on any atom is -0.326 e. The van der Waals surface area contributed by atoms with Crippen LogP contribution in [0.25, 0.3) is 0 Å². The molecule has 0 radical (unpaired) electrons. The van der Waals surface area contributed by atoms with E-state index in [1.54, 1.807) is 0 Å². The monoisotopic (exact) mass is 311 g/mol. The van der Waals surface area contributed by atoms with Gasteiger partial charge in [-0.05, 0) is 11.6 Å². The van der Waals surface area contributed by atoms with Gasteiger partial charge >= 0.3 is 6.18 Å². The molecule has 0 bridgehead atoms. The minimum atomic E-state index is -4.34. The summed E-state index contributed by atoms with van der Waals surface area (Å²) in [6, 6.07) is 0.919. The fraction of sp³-hybridized carbons (Fsp3) is 0.200. The van der Waals surface area contributed by atoms with Gasteiger partial charge in [-0.2, -0.15) is 13.2 Å². The normalized spacial score (nSPS) is 10.8. The first-order valence-electron chi connectivity index (χ1n) is 4.88. The first-order chi connectivity index (χ1) is 8.90. The van der Waals surface area contributed by atoms with E-state index in [9.17, 15) is 18.0 Å². The molecule has 4 nitrogen and oxygen atoms in total. The highest BCUT2D eigenvalue weighted by Crippen LogP contribution is 2.30. The lowest BCUT2D eigenvalue weighted by atomic mass is 10.1. The number of rotatable bonds is 2. The third-order valence-electron chi connectivity index (χ3n) is 2.00. The van der Waals surface area contributed by atoms with Crippen molar-refractivity contribution in [3.63, 3.8) is 0 Å². The first-order valence-corrected chi connectivity index (χ1v) is 6.07. The van der Waals surface area contributed by atoms with Crippen LogP contribution in [0.2, 0.25) is 5.15 Å². The molecule has 0 aliphatic rings. The Morgan fingerprint density at radius 3 is 2.47 bits per heavy atom. The third kappa shape index (κ3) is 4.34. The van der Waals surface area contributed by atoms with Crippen LogP contribution in [0, 0.1) is 0 Å². The standard InChI is InChI=1S/C7H7F3N2.C3H2ClNOS/c8-7(9,10)6-1-2-12-4-5(6)3-11;4-3-2(1-6)7-5-3/h1-2,4H,3,11H2;1,5H. The van der Waals surface area contributed by atoms with E-state index in [2.05, 4.69) is 9.36 Å². The largest absolute Gasteiger partial charge is 0.416 e. The first kappa shape index (κ1) is 15.7. The maximum atomic E-state index is 12.2. The van der Waals surface area contributed by atoms with Gasteiger partial charge in [0.2, 0.25) is 0 Å². The summed E-state index contributed by atoms with van der Waals surface area (Å²) in [5, 5.41) is 0.458. The average Bonchev–Trinajstić information content (AvgIpc) is 2.37. The van der Waals surface area contributed by atoms with Gasteiger partial charge in [0, 0.05) is 18.9 Å². The van der Waals surface area contributed by atoms with Crippen molar-refractivity contribution < 1.29 is 18.0 Å². The lowest BCUT2D eigenvalue weighted by molar-refractivity contribution is -0.138. The second-order valence-corrected chi connectivity index (χ2v) is 4.46. The Morgan fingerprint density at radius 1 is 1.53 bits per heavy atom. The topological polar surface area (TPSA) is 71.8 Å². The van der Waals surface area contributed by atoms with E-state index in [1.165, 1.54) is 11.5 Å². The van der Waals surface area contributed by atoms with E-state index in [0.29, 0.717) is 10.0 Å². The van der Waals surface area contributed by atoms with Crippen molar-refractivity contribution in [2.45, 2.75) is 12.7 Å². The quantitative estimate of drug-likeness (QED) is 0.837. The van der Waals surface area contributed by atoms with Crippen LogP contribution in [0.1, 0.15) is 20.8 Å². The number of halogens is 4. The Hall–Kier alpha value is -1.38. The van der Waals surface area contributed by atoms with Crippen molar-refractivity contribution in [1.82, 2.24) is 9.36 Å². The predicted molar refractivity (Wildman–Crippen MR) is 66.2 cm³/mol. The van der Waals surface area contributed by atoms with E-state index in [0.717, 1.165) is 24.7 Å². The van der Waals surface area contributed by atoms with E-state index < -0.39 is 11.7 Å². The molecule has 3 N–H and O–H groups in total. The van der Waals surface area contributed by atoms with Gasteiger partial charge < -0.3 is 5.73 Å². The molecule has 0 spiro atoms. The number of carbonyl (C=O) groups excluding carboxylic acids is 1. The van der Waals surface area contributed by atoms with Gasteiger partial charge in [-0.25, -0.2) is 0 Å². The number of aldehydes is 1. The zero-order valence-electron chi connectivity index (χ0n) is 9.37. The number of aromatic nitrogens is 2. The van der Waals surface area contributed by atoms with Crippen molar-refractivity contribution in [2.24, 2.45) is 5.73 Å². The molecule has 0 aliphatic heterocycles. The number of H-pyrrole nitrogens is 1. The molecule has 0 aliphatic carbocycles. The van der Waals surface area contributed by atoms with Crippen LogP contribution in [0.5, 0.6) is 0 Å². The molecule has 2 aromatic rings. The van der Waals surface area contributed by atoms with Crippen LogP contribution in [-0.2, 0) is 12.7 Å². The molecule has 0 aromatic carbocycles. The highest BCUT2D eigenvalue weighted by molar-refractivity contribution is 7.10. The second-order valence-electron chi connectivity index (χ2n) is 3.23. The lowest BCUT2D eigenvalue weighted by Gasteiger charge is -2.09. The van der Waals surface area contributed by atoms with Crippen LogP contribution in [0.3, 0.4) is 0 Å². The fourth-order valence-corrected chi connectivity index (χ4v) is 1.71. The predicted octanol–water partition coefficient (Wildman–Crippen LogP) is 3.10. The summed E-state index contributed by atoms with van der Waals surface area (Å²) in [5.74, 6) is 0. The maximum absolute atomic E-state index is 12.2. The van der Waals surface area contributed by atoms with Crippen LogP contribution in [0.15, 0.2) is 18.5 Å². The van der Waals surface area contributed by atoms with Gasteiger partial charge in [0.1, 0.15) is 10.0 Å². The number of nitrogens with zero attached hydrogens (tertiary/aromatic N) is 1. The van der Waals surface area contributed by atoms with Gasteiger partial charge in [0.05, 0.1) is 5.56 Å². The Labute approximate surface area is 115 Å². The fourth-order valence-electron chi connectivity index (χ4n) is 1.09. The number of carbonyl (C=O) groups is 1. The number of pyridine rings is 1. The summed E-state index contributed by atoms with van der Waals surface area (Å²) < 4.78 is 39.1. The molecule has 0 saturated heterocycles. The number of nitrogens with one attached hydrogen (secondary N) is 1.